The zero-order valence-corrected chi connectivity index (χ0v) is 13.1. The van der Waals surface area contributed by atoms with Crippen molar-refractivity contribution in [2.45, 2.75) is 19.4 Å². The zero-order chi connectivity index (χ0) is 14.6. The Hall–Kier alpha value is -0.530. The Morgan fingerprint density at radius 2 is 1.95 bits per heavy atom. The first-order valence-electron chi connectivity index (χ1n) is 5.80. The molecule has 7 heteroatoms. The highest BCUT2D eigenvalue weighted by Gasteiger charge is 2.21. The quantitative estimate of drug-likeness (QED) is 0.798. The van der Waals surface area contributed by atoms with Crippen LogP contribution in [-0.2, 0) is 9.84 Å². The Balaban J connectivity index is 3.13. The van der Waals surface area contributed by atoms with Gasteiger partial charge in [-0.2, -0.15) is 0 Å². The van der Waals surface area contributed by atoms with Gasteiger partial charge in [0, 0.05) is 17.9 Å². The summed E-state index contributed by atoms with van der Waals surface area (Å²) in [7, 11) is -3.30. The highest BCUT2D eigenvalue weighted by molar-refractivity contribution is 9.10. The molecule has 0 aliphatic rings. The van der Waals surface area contributed by atoms with Crippen molar-refractivity contribution < 1.29 is 17.2 Å². The third kappa shape index (κ3) is 5.16. The van der Waals surface area contributed by atoms with Gasteiger partial charge < -0.3 is 5.32 Å². The molecule has 108 valence electrons. The van der Waals surface area contributed by atoms with Gasteiger partial charge in [-0.25, -0.2) is 17.2 Å². The Morgan fingerprint density at radius 1 is 1.32 bits per heavy atom. The maximum atomic E-state index is 13.9. The smallest absolute Gasteiger partial charge is 0.149 e. The normalized spacial score (nSPS) is 13.5. The summed E-state index contributed by atoms with van der Waals surface area (Å²) < 4.78 is 50.1. The van der Waals surface area contributed by atoms with Crippen LogP contribution in [0.1, 0.15) is 24.9 Å². The molecule has 0 aliphatic heterocycles. The van der Waals surface area contributed by atoms with Crippen LogP contribution in [0.5, 0.6) is 0 Å². The highest BCUT2D eigenvalue weighted by Crippen LogP contribution is 2.25. The van der Waals surface area contributed by atoms with Gasteiger partial charge in [-0.15, -0.1) is 0 Å². The average Bonchev–Trinajstić information content (AvgIpc) is 2.28. The predicted molar refractivity (Wildman–Crippen MR) is 74.8 cm³/mol. The minimum atomic E-state index is -3.30. The second kappa shape index (κ2) is 6.76. The summed E-state index contributed by atoms with van der Waals surface area (Å²) in [6.45, 7) is 2.43. The molecule has 1 rings (SSSR count). The monoisotopic (exact) mass is 355 g/mol. The Labute approximate surface area is 120 Å². The molecule has 1 unspecified atom stereocenters. The van der Waals surface area contributed by atoms with Gasteiger partial charge in [0.1, 0.15) is 21.5 Å². The van der Waals surface area contributed by atoms with Crippen LogP contribution in [-0.4, -0.2) is 27.0 Å². The van der Waals surface area contributed by atoms with Crippen LogP contribution < -0.4 is 5.32 Å². The molecule has 0 radical (unpaired) electrons. The lowest BCUT2D eigenvalue weighted by Gasteiger charge is -2.19. The number of rotatable bonds is 6. The molecule has 0 fully saturated rings. The minimum Gasteiger partial charge on any atom is -0.309 e. The summed E-state index contributed by atoms with van der Waals surface area (Å²) in [5, 5.41) is 2.93. The van der Waals surface area contributed by atoms with E-state index in [0.29, 0.717) is 6.54 Å². The average molecular weight is 356 g/mol. The Bertz CT molecular complexity index is 549. The lowest BCUT2D eigenvalue weighted by atomic mass is 10.1. The molecule has 1 aromatic rings. The van der Waals surface area contributed by atoms with E-state index in [-0.39, 0.29) is 15.8 Å². The summed E-state index contributed by atoms with van der Waals surface area (Å²) in [4.78, 5) is 0. The molecule has 0 saturated carbocycles. The van der Waals surface area contributed by atoms with Crippen molar-refractivity contribution in [1.82, 2.24) is 5.32 Å². The molecule has 3 nitrogen and oxygen atoms in total. The number of benzene rings is 1. The summed E-state index contributed by atoms with van der Waals surface area (Å²) in [6.07, 6.45) is 1.83. The van der Waals surface area contributed by atoms with Crippen molar-refractivity contribution in [3.05, 3.63) is 33.8 Å². The molecule has 0 saturated heterocycles. The Morgan fingerprint density at radius 3 is 2.47 bits per heavy atom. The first-order valence-corrected chi connectivity index (χ1v) is 8.65. The second-order valence-corrected chi connectivity index (χ2v) is 7.43. The number of nitrogens with one attached hydrogen (secondary N) is 1. The van der Waals surface area contributed by atoms with Crippen LogP contribution in [0.4, 0.5) is 8.78 Å². The van der Waals surface area contributed by atoms with E-state index >= 15 is 0 Å². The topological polar surface area (TPSA) is 46.2 Å². The van der Waals surface area contributed by atoms with Crippen molar-refractivity contribution in [3.63, 3.8) is 0 Å². The number of hydrogen-bond acceptors (Lipinski definition) is 3. The predicted octanol–water partition coefficient (Wildman–Crippen LogP) is 2.81. The van der Waals surface area contributed by atoms with Crippen molar-refractivity contribution >= 4 is 25.8 Å². The highest BCUT2D eigenvalue weighted by atomic mass is 79.9. The van der Waals surface area contributed by atoms with E-state index in [0.717, 1.165) is 24.8 Å². The molecule has 0 heterocycles. The summed E-state index contributed by atoms with van der Waals surface area (Å²) in [5.41, 5.74) is 0.0274. The van der Waals surface area contributed by atoms with Gasteiger partial charge in [0.15, 0.2) is 0 Å². The fraction of sp³-hybridized carbons (Fsp3) is 0.500. The van der Waals surface area contributed by atoms with Crippen molar-refractivity contribution in [1.29, 1.82) is 0 Å². The standard InChI is InChI=1S/C12H16BrF2NO2S/c1-3-4-16-12(7-19(2,17)18)8-5-11(15)9(13)6-10(8)14/h5-6,12,16H,3-4,7H2,1-2H3. The third-order valence-corrected chi connectivity index (χ3v) is 4.07. The van der Waals surface area contributed by atoms with Gasteiger partial charge >= 0.3 is 0 Å². The van der Waals surface area contributed by atoms with Crippen molar-refractivity contribution in [3.8, 4) is 0 Å². The fourth-order valence-electron chi connectivity index (χ4n) is 1.68. The van der Waals surface area contributed by atoms with Crippen molar-refractivity contribution in [2.75, 3.05) is 18.6 Å². The van der Waals surface area contributed by atoms with Crippen LogP contribution in [0.25, 0.3) is 0 Å². The molecule has 0 spiro atoms. The maximum Gasteiger partial charge on any atom is 0.149 e. The molecular weight excluding hydrogens is 340 g/mol. The molecule has 0 aliphatic carbocycles. The van der Waals surface area contributed by atoms with Crippen LogP contribution in [0.3, 0.4) is 0 Å². The largest absolute Gasteiger partial charge is 0.309 e. The number of hydrogen-bond donors (Lipinski definition) is 1. The van der Waals surface area contributed by atoms with E-state index in [1.165, 1.54) is 0 Å². The van der Waals surface area contributed by atoms with Gasteiger partial charge in [0.25, 0.3) is 0 Å². The van der Waals surface area contributed by atoms with E-state index in [9.17, 15) is 17.2 Å². The van der Waals surface area contributed by atoms with Gasteiger partial charge in [-0.1, -0.05) is 6.92 Å². The SMILES string of the molecule is CCCNC(CS(C)(=O)=O)c1cc(F)c(Br)cc1F. The van der Waals surface area contributed by atoms with Gasteiger partial charge in [-0.05, 0) is 41.0 Å². The molecule has 0 aromatic heterocycles. The third-order valence-electron chi connectivity index (χ3n) is 2.53. The molecule has 19 heavy (non-hydrogen) atoms. The lowest BCUT2D eigenvalue weighted by molar-refractivity contribution is 0.510. The lowest BCUT2D eigenvalue weighted by Crippen LogP contribution is -2.29. The number of halogens is 3. The molecule has 0 amide bonds. The first kappa shape index (κ1) is 16.5. The van der Waals surface area contributed by atoms with E-state index in [2.05, 4.69) is 21.2 Å². The van der Waals surface area contributed by atoms with Crippen LogP contribution in [0.2, 0.25) is 0 Å². The molecule has 1 aromatic carbocycles. The molecular formula is C12H16BrF2NO2S. The minimum absolute atomic E-state index is 0.0161. The summed E-state index contributed by atoms with van der Waals surface area (Å²) >= 11 is 2.89. The number of sulfone groups is 1. The van der Waals surface area contributed by atoms with Crippen LogP contribution >= 0.6 is 15.9 Å². The van der Waals surface area contributed by atoms with Crippen molar-refractivity contribution in [2.24, 2.45) is 0 Å². The van der Waals surface area contributed by atoms with Crippen LogP contribution in [0.15, 0.2) is 16.6 Å². The Kier molecular flexibility index (Phi) is 5.88. The zero-order valence-electron chi connectivity index (χ0n) is 10.7. The maximum absolute atomic E-state index is 13.9. The summed E-state index contributed by atoms with van der Waals surface area (Å²) in [6, 6.07) is 1.28. The molecule has 1 N–H and O–H groups in total. The van der Waals surface area contributed by atoms with E-state index in [1.807, 2.05) is 6.92 Å². The molecule has 1 atom stereocenters. The molecule has 0 bridgehead atoms. The first-order chi connectivity index (χ1) is 8.74. The van der Waals surface area contributed by atoms with E-state index in [4.69, 9.17) is 0 Å². The summed E-state index contributed by atoms with van der Waals surface area (Å²) in [5.74, 6) is -1.52. The van der Waals surface area contributed by atoms with Crippen LogP contribution in [0, 0.1) is 11.6 Å². The fourth-order valence-corrected chi connectivity index (χ4v) is 2.90. The second-order valence-electron chi connectivity index (χ2n) is 4.39. The van der Waals surface area contributed by atoms with E-state index < -0.39 is 27.5 Å². The van der Waals surface area contributed by atoms with Gasteiger partial charge in [0.05, 0.1) is 10.2 Å². The van der Waals surface area contributed by atoms with Gasteiger partial charge in [0.2, 0.25) is 0 Å². The van der Waals surface area contributed by atoms with E-state index in [1.54, 1.807) is 0 Å². The van der Waals surface area contributed by atoms with Gasteiger partial charge in [-0.3, -0.25) is 0 Å².